The maximum atomic E-state index is 14.7. The third-order valence-corrected chi connectivity index (χ3v) is 8.35. The molecule has 1 heterocycles. The highest BCUT2D eigenvalue weighted by Gasteiger charge is 2.41. The molecular weight excluding hydrogens is 533 g/mol. The molecule has 0 saturated carbocycles. The number of carbonyl (C=O) groups excluding carboxylic acids is 3. The molecule has 210 valence electrons. The average Bonchev–Trinajstić information content (AvgIpc) is 3.10. The minimum Gasteiger partial charge on any atom is -0.350 e. The Morgan fingerprint density at radius 2 is 1.57 bits per heavy atom. The fourth-order valence-electron chi connectivity index (χ4n) is 4.61. The van der Waals surface area contributed by atoms with E-state index < -0.39 is 51.7 Å². The lowest BCUT2D eigenvalue weighted by atomic mass is 10.0. The van der Waals surface area contributed by atoms with E-state index in [1.807, 2.05) is 51.1 Å². The summed E-state index contributed by atoms with van der Waals surface area (Å²) in [5, 5.41) is 2.92. The van der Waals surface area contributed by atoms with E-state index in [0.717, 1.165) is 5.56 Å². The van der Waals surface area contributed by atoms with Crippen LogP contribution in [0.3, 0.4) is 0 Å². The number of amides is 3. The summed E-state index contributed by atoms with van der Waals surface area (Å²) in [6.45, 7) is 4.81. The van der Waals surface area contributed by atoms with Gasteiger partial charge in [-0.25, -0.2) is 17.1 Å². The summed E-state index contributed by atoms with van der Waals surface area (Å²) in [5.41, 5.74) is 0.427. The molecule has 0 radical (unpaired) electrons. The zero-order valence-corrected chi connectivity index (χ0v) is 23.4. The Hall–Kier alpha value is -4.05. The number of carbonyl (C=O) groups is 3. The van der Waals surface area contributed by atoms with Gasteiger partial charge in [0.1, 0.15) is 16.8 Å². The molecule has 40 heavy (non-hydrogen) atoms. The standard InChI is InChI=1S/C30H32FN3O5S/c1-30(2,3)32-28(36)25(19-21-11-5-4-6-12-21)33(20-22-13-7-9-15-24(22)31)27(35)17-18-34-29(37)23-14-8-10-16-26(23)40(34,38)39/h4-16,25H,17-20H2,1-3H3,(H,32,36)/t25-/m0/s1. The molecule has 1 aliphatic heterocycles. The van der Waals surface area contributed by atoms with Crippen molar-refractivity contribution in [1.29, 1.82) is 0 Å². The van der Waals surface area contributed by atoms with Crippen molar-refractivity contribution < 1.29 is 27.2 Å². The van der Waals surface area contributed by atoms with Crippen LogP contribution in [0.1, 0.15) is 48.7 Å². The Morgan fingerprint density at radius 1 is 0.950 bits per heavy atom. The molecule has 1 N–H and O–H groups in total. The van der Waals surface area contributed by atoms with Gasteiger partial charge in [0.15, 0.2) is 0 Å². The first-order valence-electron chi connectivity index (χ1n) is 12.9. The summed E-state index contributed by atoms with van der Waals surface area (Å²) in [6.07, 6.45) is -0.239. The summed E-state index contributed by atoms with van der Waals surface area (Å²) in [5.74, 6) is -2.27. The molecule has 3 aromatic carbocycles. The highest BCUT2D eigenvalue weighted by atomic mass is 32.2. The second kappa shape index (κ2) is 11.6. The maximum absolute atomic E-state index is 14.7. The predicted octanol–water partition coefficient (Wildman–Crippen LogP) is 3.92. The smallest absolute Gasteiger partial charge is 0.269 e. The van der Waals surface area contributed by atoms with Crippen molar-refractivity contribution in [3.05, 3.63) is 101 Å². The number of sulfonamides is 1. The monoisotopic (exact) mass is 565 g/mol. The van der Waals surface area contributed by atoms with E-state index in [-0.39, 0.29) is 35.4 Å². The van der Waals surface area contributed by atoms with E-state index in [4.69, 9.17) is 0 Å². The Kier molecular flexibility index (Phi) is 8.39. The summed E-state index contributed by atoms with van der Waals surface area (Å²) < 4.78 is 41.5. The minimum atomic E-state index is -4.12. The zero-order chi connectivity index (χ0) is 29.1. The van der Waals surface area contributed by atoms with Crippen LogP contribution in [0.5, 0.6) is 0 Å². The fourth-order valence-corrected chi connectivity index (χ4v) is 6.18. The first-order chi connectivity index (χ1) is 18.9. The number of halogens is 1. The Labute approximate surface area is 233 Å². The average molecular weight is 566 g/mol. The molecule has 1 aliphatic rings. The first-order valence-corrected chi connectivity index (χ1v) is 14.4. The third-order valence-electron chi connectivity index (χ3n) is 6.51. The lowest BCUT2D eigenvalue weighted by Gasteiger charge is -2.34. The van der Waals surface area contributed by atoms with Crippen molar-refractivity contribution in [3.63, 3.8) is 0 Å². The molecule has 0 bridgehead atoms. The number of hydrogen-bond donors (Lipinski definition) is 1. The van der Waals surface area contributed by atoms with E-state index in [1.54, 1.807) is 12.1 Å². The van der Waals surface area contributed by atoms with E-state index in [1.165, 1.54) is 41.3 Å². The highest BCUT2D eigenvalue weighted by molar-refractivity contribution is 7.90. The SMILES string of the molecule is CC(C)(C)NC(=O)[C@H](Cc1ccccc1)N(Cc1ccccc1F)C(=O)CCN1C(=O)c2ccccc2S1(=O)=O. The van der Waals surface area contributed by atoms with Crippen LogP contribution >= 0.6 is 0 Å². The van der Waals surface area contributed by atoms with Crippen molar-refractivity contribution in [2.45, 2.75) is 56.6 Å². The van der Waals surface area contributed by atoms with Gasteiger partial charge in [0, 0.05) is 37.0 Å². The van der Waals surface area contributed by atoms with Gasteiger partial charge in [0.2, 0.25) is 11.8 Å². The number of nitrogens with one attached hydrogen (secondary N) is 1. The van der Waals surface area contributed by atoms with E-state index in [2.05, 4.69) is 5.32 Å². The van der Waals surface area contributed by atoms with Crippen LogP contribution in [0.15, 0.2) is 83.8 Å². The van der Waals surface area contributed by atoms with Crippen LogP contribution in [0.25, 0.3) is 0 Å². The topological polar surface area (TPSA) is 104 Å². The molecule has 0 aromatic heterocycles. The largest absolute Gasteiger partial charge is 0.350 e. The molecule has 0 fully saturated rings. The van der Waals surface area contributed by atoms with Gasteiger partial charge in [-0.1, -0.05) is 60.7 Å². The van der Waals surface area contributed by atoms with Gasteiger partial charge in [0.05, 0.1) is 5.56 Å². The van der Waals surface area contributed by atoms with Crippen molar-refractivity contribution in [3.8, 4) is 0 Å². The van der Waals surface area contributed by atoms with Crippen LogP contribution in [-0.4, -0.2) is 53.5 Å². The summed E-state index contributed by atoms with van der Waals surface area (Å²) in [6, 6.07) is 19.9. The van der Waals surface area contributed by atoms with Gasteiger partial charge in [-0.15, -0.1) is 0 Å². The Balaban J connectivity index is 1.66. The Bertz CT molecular complexity index is 1520. The van der Waals surface area contributed by atoms with E-state index in [9.17, 15) is 27.2 Å². The molecule has 4 rings (SSSR count). The summed E-state index contributed by atoms with van der Waals surface area (Å²) in [7, 11) is -4.12. The summed E-state index contributed by atoms with van der Waals surface area (Å²) in [4.78, 5) is 41.4. The molecular formula is C30H32FN3O5S. The number of rotatable bonds is 9. The van der Waals surface area contributed by atoms with E-state index >= 15 is 0 Å². The van der Waals surface area contributed by atoms with Crippen LogP contribution in [-0.2, 0) is 32.6 Å². The first kappa shape index (κ1) is 28.9. The Morgan fingerprint density at radius 3 is 2.23 bits per heavy atom. The van der Waals surface area contributed by atoms with Gasteiger partial charge >= 0.3 is 0 Å². The van der Waals surface area contributed by atoms with Gasteiger partial charge in [-0.2, -0.15) is 0 Å². The van der Waals surface area contributed by atoms with Gasteiger partial charge in [-0.05, 0) is 44.5 Å². The number of hydrogen-bond acceptors (Lipinski definition) is 5. The highest BCUT2D eigenvalue weighted by Crippen LogP contribution is 2.30. The summed E-state index contributed by atoms with van der Waals surface area (Å²) >= 11 is 0. The molecule has 3 aromatic rings. The lowest BCUT2D eigenvalue weighted by Crippen LogP contribution is -2.54. The molecule has 10 heteroatoms. The second-order valence-electron chi connectivity index (χ2n) is 10.7. The van der Waals surface area contributed by atoms with Crippen molar-refractivity contribution >= 4 is 27.7 Å². The molecule has 0 saturated heterocycles. The van der Waals surface area contributed by atoms with Gasteiger partial charge in [0.25, 0.3) is 15.9 Å². The van der Waals surface area contributed by atoms with E-state index in [0.29, 0.717) is 4.31 Å². The molecule has 0 spiro atoms. The van der Waals surface area contributed by atoms with Crippen LogP contribution in [0.2, 0.25) is 0 Å². The fraction of sp³-hybridized carbons (Fsp3) is 0.300. The molecule has 0 unspecified atom stereocenters. The predicted molar refractivity (Wildman–Crippen MR) is 148 cm³/mol. The molecule has 0 aliphatic carbocycles. The molecule has 3 amide bonds. The number of benzene rings is 3. The maximum Gasteiger partial charge on any atom is 0.269 e. The van der Waals surface area contributed by atoms with Crippen LogP contribution in [0, 0.1) is 5.82 Å². The zero-order valence-electron chi connectivity index (χ0n) is 22.6. The normalized spacial score (nSPS) is 14.9. The minimum absolute atomic E-state index is 0.0460. The van der Waals surface area contributed by atoms with Gasteiger partial charge < -0.3 is 10.2 Å². The third kappa shape index (κ3) is 6.39. The van der Waals surface area contributed by atoms with Crippen molar-refractivity contribution in [1.82, 2.24) is 14.5 Å². The lowest BCUT2D eigenvalue weighted by molar-refractivity contribution is -0.142. The number of fused-ring (bicyclic) bond motifs is 1. The molecule has 8 nitrogen and oxygen atoms in total. The second-order valence-corrected chi connectivity index (χ2v) is 12.5. The van der Waals surface area contributed by atoms with Crippen molar-refractivity contribution in [2.75, 3.05) is 6.54 Å². The van der Waals surface area contributed by atoms with Crippen LogP contribution < -0.4 is 5.32 Å². The van der Waals surface area contributed by atoms with Crippen molar-refractivity contribution in [2.24, 2.45) is 0 Å². The molecule has 1 atom stereocenters. The number of nitrogens with zero attached hydrogens (tertiary/aromatic N) is 2. The quantitative estimate of drug-likeness (QED) is 0.424. The van der Waals surface area contributed by atoms with Crippen LogP contribution in [0.4, 0.5) is 4.39 Å². The van der Waals surface area contributed by atoms with Gasteiger partial charge in [-0.3, -0.25) is 14.4 Å².